The van der Waals surface area contributed by atoms with Crippen LogP contribution in [-0.2, 0) is 0 Å². The lowest BCUT2D eigenvalue weighted by atomic mass is 10.0. The highest BCUT2D eigenvalue weighted by Gasteiger charge is 2.49. The first-order valence-electron chi connectivity index (χ1n) is 15.5. The molecule has 0 fully saturated rings. The van der Waals surface area contributed by atoms with Gasteiger partial charge in [0.25, 0.3) is 0 Å². The van der Waals surface area contributed by atoms with E-state index in [1.54, 1.807) is 0 Å². The number of furan rings is 1. The first-order valence-corrected chi connectivity index (χ1v) is 21.5. The van der Waals surface area contributed by atoms with Crippen molar-refractivity contribution in [2.24, 2.45) is 0 Å². The molecule has 0 amide bonds. The third-order valence-electron chi connectivity index (χ3n) is 10.2. The Morgan fingerprint density at radius 2 is 1.02 bits per heavy atom. The van der Waals surface area contributed by atoms with Gasteiger partial charge in [0.2, 0.25) is 0 Å². The van der Waals surface area contributed by atoms with Gasteiger partial charge in [-0.1, -0.05) is 129 Å². The highest BCUT2D eigenvalue weighted by atomic mass is 28.3. The van der Waals surface area contributed by atoms with Gasteiger partial charge in [-0.15, -0.1) is 0 Å². The highest BCUT2D eigenvalue weighted by molar-refractivity contribution is 7.07. The minimum absolute atomic E-state index is 0.977. The maximum atomic E-state index is 6.84. The van der Waals surface area contributed by atoms with Gasteiger partial charge in [-0.3, -0.25) is 0 Å². The summed E-state index contributed by atoms with van der Waals surface area (Å²) in [6.07, 6.45) is 0. The van der Waals surface area contributed by atoms with E-state index in [4.69, 9.17) is 4.42 Å². The maximum absolute atomic E-state index is 6.84. The molecule has 2 aliphatic heterocycles. The lowest BCUT2D eigenvalue weighted by molar-refractivity contribution is 0.671. The topological polar surface area (TPSA) is 16.4 Å². The molecule has 9 rings (SSSR count). The van der Waals surface area contributed by atoms with E-state index in [0.717, 1.165) is 11.2 Å². The van der Waals surface area contributed by atoms with Crippen molar-refractivity contribution in [3.05, 3.63) is 127 Å². The standard InChI is InChI=1S/C40H33NOSi2/c1-43(2)35-23-28(26-13-7-5-8-14-26)19-21-32(35)41-33-22-20-29(27-15-9-6-10-16-27)24-36(33)44(3,4)40-38(41)37(43)25-31-30-17-11-12-18-34(30)42-39(31)40/h5-25H,1-4H3. The zero-order valence-electron chi connectivity index (χ0n) is 25.5. The molecule has 0 saturated carbocycles. The predicted molar refractivity (Wildman–Crippen MR) is 193 cm³/mol. The van der Waals surface area contributed by atoms with Gasteiger partial charge >= 0.3 is 0 Å². The third kappa shape index (κ3) is 3.41. The number of nitrogens with zero attached hydrogens (tertiary/aromatic N) is 1. The summed E-state index contributed by atoms with van der Waals surface area (Å²) < 4.78 is 6.84. The summed E-state index contributed by atoms with van der Waals surface area (Å²) in [5.41, 5.74) is 11.2. The van der Waals surface area contributed by atoms with Gasteiger partial charge in [0.15, 0.2) is 0 Å². The monoisotopic (exact) mass is 599 g/mol. The normalized spacial score (nSPS) is 15.6. The Balaban J connectivity index is 1.41. The summed E-state index contributed by atoms with van der Waals surface area (Å²) in [4.78, 5) is 2.60. The van der Waals surface area contributed by atoms with E-state index in [1.165, 1.54) is 70.8 Å². The number of hydrogen-bond donors (Lipinski definition) is 0. The average Bonchev–Trinajstić information content (AvgIpc) is 3.43. The van der Waals surface area contributed by atoms with Gasteiger partial charge in [0, 0.05) is 33.0 Å². The molecule has 6 aromatic carbocycles. The second-order valence-corrected chi connectivity index (χ2v) is 22.0. The maximum Gasteiger partial charge on any atom is 0.137 e. The molecular weight excluding hydrogens is 567 g/mol. The molecule has 0 unspecified atom stereocenters. The van der Waals surface area contributed by atoms with E-state index in [9.17, 15) is 0 Å². The van der Waals surface area contributed by atoms with Gasteiger partial charge in [-0.05, 0) is 62.1 Å². The molecule has 0 N–H and O–H groups in total. The second kappa shape index (κ2) is 8.94. The van der Waals surface area contributed by atoms with Crippen molar-refractivity contribution in [2.75, 3.05) is 4.90 Å². The number of para-hydroxylation sites is 1. The minimum Gasteiger partial charge on any atom is -0.456 e. The lowest BCUT2D eigenvalue weighted by Gasteiger charge is -2.48. The summed E-state index contributed by atoms with van der Waals surface area (Å²) in [7, 11) is -4.38. The van der Waals surface area contributed by atoms with Crippen molar-refractivity contribution in [2.45, 2.75) is 26.2 Å². The van der Waals surface area contributed by atoms with E-state index in [2.05, 4.69) is 158 Å². The SMILES string of the molecule is C[Si]1(C)c2cc(-c3ccccc3)ccc2N2c3ccc(-c4ccccc4)cc3[Si](C)(C)c3c2c1cc1c3oc2ccccc21. The molecule has 0 aliphatic carbocycles. The van der Waals surface area contributed by atoms with Crippen LogP contribution in [0.4, 0.5) is 17.1 Å². The number of benzene rings is 6. The first-order chi connectivity index (χ1) is 21.3. The van der Waals surface area contributed by atoms with Gasteiger partial charge in [-0.2, -0.15) is 0 Å². The Kier molecular flexibility index (Phi) is 5.25. The third-order valence-corrected chi connectivity index (χ3v) is 17.1. The molecular formula is C40H33NOSi2. The van der Waals surface area contributed by atoms with Crippen LogP contribution in [-0.4, -0.2) is 16.1 Å². The molecule has 0 spiro atoms. The molecule has 44 heavy (non-hydrogen) atoms. The summed E-state index contributed by atoms with van der Waals surface area (Å²) in [5, 5.41) is 8.39. The van der Waals surface area contributed by atoms with E-state index >= 15 is 0 Å². The minimum atomic E-state index is -2.24. The summed E-state index contributed by atoms with van der Waals surface area (Å²) >= 11 is 0. The Labute approximate surface area is 260 Å². The van der Waals surface area contributed by atoms with Gasteiger partial charge in [0.05, 0.1) is 0 Å². The Morgan fingerprint density at radius 3 is 1.64 bits per heavy atom. The van der Waals surface area contributed by atoms with Crippen molar-refractivity contribution in [3.63, 3.8) is 0 Å². The van der Waals surface area contributed by atoms with Gasteiger partial charge in [-0.25, -0.2) is 0 Å². The van der Waals surface area contributed by atoms with Crippen molar-refractivity contribution < 1.29 is 4.42 Å². The molecule has 0 atom stereocenters. The van der Waals surface area contributed by atoms with Crippen LogP contribution in [0.5, 0.6) is 0 Å². The molecule has 2 aliphatic rings. The Morgan fingerprint density at radius 1 is 0.477 bits per heavy atom. The van der Waals surface area contributed by atoms with Crippen LogP contribution in [0.25, 0.3) is 44.2 Å². The van der Waals surface area contributed by atoms with Crippen LogP contribution in [0.1, 0.15) is 0 Å². The molecule has 4 heteroatoms. The summed E-state index contributed by atoms with van der Waals surface area (Å²) in [6, 6.07) is 47.1. The Hall–Kier alpha value is -4.65. The van der Waals surface area contributed by atoms with Crippen molar-refractivity contribution in [1.82, 2.24) is 0 Å². The molecule has 1 aromatic heterocycles. The number of rotatable bonds is 2. The van der Waals surface area contributed by atoms with Gasteiger partial charge < -0.3 is 9.32 Å². The Bertz CT molecular complexity index is 2270. The lowest BCUT2D eigenvalue weighted by Crippen LogP contribution is -2.66. The summed E-state index contributed by atoms with van der Waals surface area (Å²) in [6.45, 7) is 10.2. The van der Waals surface area contributed by atoms with E-state index < -0.39 is 16.1 Å². The van der Waals surface area contributed by atoms with Crippen molar-refractivity contribution >= 4 is 75.9 Å². The van der Waals surface area contributed by atoms with E-state index in [0.29, 0.717) is 0 Å². The highest BCUT2D eigenvalue weighted by Crippen LogP contribution is 2.45. The largest absolute Gasteiger partial charge is 0.456 e. The van der Waals surface area contributed by atoms with Crippen LogP contribution in [0.3, 0.4) is 0 Å². The molecule has 3 heterocycles. The second-order valence-electron chi connectivity index (χ2n) is 13.4. The first kappa shape index (κ1) is 25.8. The zero-order valence-corrected chi connectivity index (χ0v) is 27.5. The van der Waals surface area contributed by atoms with Crippen LogP contribution in [0.15, 0.2) is 132 Å². The van der Waals surface area contributed by atoms with E-state index in [1.807, 2.05) is 0 Å². The molecule has 0 bridgehead atoms. The van der Waals surface area contributed by atoms with Crippen LogP contribution >= 0.6 is 0 Å². The van der Waals surface area contributed by atoms with Crippen LogP contribution in [0, 0.1) is 0 Å². The number of anilines is 3. The van der Waals surface area contributed by atoms with E-state index in [-0.39, 0.29) is 0 Å². The number of fused-ring (bicyclic) bond motifs is 8. The smallest absolute Gasteiger partial charge is 0.137 e. The fourth-order valence-corrected chi connectivity index (χ4v) is 14.2. The number of hydrogen-bond acceptors (Lipinski definition) is 2. The predicted octanol–water partition coefficient (Wildman–Crippen LogP) is 8.66. The fourth-order valence-electron chi connectivity index (χ4n) is 7.87. The molecule has 2 nitrogen and oxygen atoms in total. The molecule has 0 saturated heterocycles. The van der Waals surface area contributed by atoms with Crippen LogP contribution < -0.4 is 25.6 Å². The van der Waals surface area contributed by atoms with Gasteiger partial charge in [0.1, 0.15) is 27.3 Å². The summed E-state index contributed by atoms with van der Waals surface area (Å²) in [5.74, 6) is 0. The average molecular weight is 600 g/mol. The quantitative estimate of drug-likeness (QED) is 0.185. The van der Waals surface area contributed by atoms with Crippen molar-refractivity contribution in [1.29, 1.82) is 0 Å². The molecule has 7 aromatic rings. The van der Waals surface area contributed by atoms with Crippen LogP contribution in [0.2, 0.25) is 26.2 Å². The zero-order chi connectivity index (χ0) is 29.8. The fraction of sp³-hybridized carbons (Fsp3) is 0.100. The molecule has 212 valence electrons. The molecule has 0 radical (unpaired) electrons. The van der Waals surface area contributed by atoms with Crippen molar-refractivity contribution in [3.8, 4) is 22.3 Å².